The summed E-state index contributed by atoms with van der Waals surface area (Å²) in [6.07, 6.45) is -0.0857. The number of aryl methyl sites for hydroxylation is 1. The molecule has 0 unspecified atom stereocenters. The maximum absolute atomic E-state index is 12.0. The highest BCUT2D eigenvalue weighted by Gasteiger charge is 2.21. The lowest BCUT2D eigenvalue weighted by molar-refractivity contribution is -0.135. The molecule has 0 radical (unpaired) electrons. The van der Waals surface area contributed by atoms with Crippen molar-refractivity contribution in [3.05, 3.63) is 29.8 Å². The van der Waals surface area contributed by atoms with Crippen LogP contribution in [-0.4, -0.2) is 54.8 Å². The molecule has 0 aromatic heterocycles. The summed E-state index contributed by atoms with van der Waals surface area (Å²) in [5, 5.41) is 2.75. The molecule has 0 spiro atoms. The first-order valence-electron chi connectivity index (χ1n) is 6.87. The monoisotopic (exact) mass is 275 g/mol. The minimum absolute atomic E-state index is 0.0857. The number of likely N-dealkylation sites (N-methyl/N-ethyl adjacent to an activating group) is 1. The van der Waals surface area contributed by atoms with Gasteiger partial charge in [-0.3, -0.25) is 9.59 Å². The predicted molar refractivity (Wildman–Crippen MR) is 78.5 cm³/mol. The largest absolute Gasteiger partial charge is 0.340 e. The van der Waals surface area contributed by atoms with Crippen molar-refractivity contribution in [2.24, 2.45) is 0 Å². The molecular formula is C15H21N3O2. The van der Waals surface area contributed by atoms with Crippen LogP contribution in [0.5, 0.6) is 0 Å². The van der Waals surface area contributed by atoms with Crippen LogP contribution in [-0.2, 0) is 9.59 Å². The van der Waals surface area contributed by atoms with Gasteiger partial charge >= 0.3 is 0 Å². The molecule has 5 heteroatoms. The molecule has 0 atom stereocenters. The van der Waals surface area contributed by atoms with Crippen LogP contribution in [0.15, 0.2) is 24.3 Å². The highest BCUT2D eigenvalue weighted by molar-refractivity contribution is 6.03. The maximum Gasteiger partial charge on any atom is 0.233 e. The Morgan fingerprint density at radius 3 is 2.30 bits per heavy atom. The molecule has 1 aromatic carbocycles. The van der Waals surface area contributed by atoms with E-state index in [0.29, 0.717) is 13.1 Å². The van der Waals surface area contributed by atoms with Gasteiger partial charge in [0.15, 0.2) is 0 Å². The molecule has 0 aliphatic carbocycles. The Hall–Kier alpha value is -1.88. The minimum Gasteiger partial charge on any atom is -0.340 e. The minimum atomic E-state index is -0.252. The van der Waals surface area contributed by atoms with Gasteiger partial charge in [-0.2, -0.15) is 0 Å². The highest BCUT2D eigenvalue weighted by Crippen LogP contribution is 2.09. The molecule has 1 fully saturated rings. The van der Waals surface area contributed by atoms with E-state index >= 15 is 0 Å². The lowest BCUT2D eigenvalue weighted by atomic mass is 10.2. The first kappa shape index (κ1) is 14.5. The number of carbonyl (C=O) groups excluding carboxylic acids is 2. The van der Waals surface area contributed by atoms with Crippen molar-refractivity contribution in [3.8, 4) is 0 Å². The van der Waals surface area contributed by atoms with Crippen molar-refractivity contribution in [1.29, 1.82) is 0 Å². The number of benzene rings is 1. The zero-order valence-electron chi connectivity index (χ0n) is 12.1. The molecule has 2 amide bonds. The molecule has 0 bridgehead atoms. The quantitative estimate of drug-likeness (QED) is 0.840. The maximum atomic E-state index is 12.0. The summed E-state index contributed by atoms with van der Waals surface area (Å²) in [6.45, 7) is 5.12. The van der Waals surface area contributed by atoms with Crippen LogP contribution in [0.25, 0.3) is 0 Å². The fourth-order valence-corrected chi connectivity index (χ4v) is 2.15. The Morgan fingerprint density at radius 1 is 1.10 bits per heavy atom. The Balaban J connectivity index is 1.82. The third-order valence-electron chi connectivity index (χ3n) is 3.50. The van der Waals surface area contributed by atoms with E-state index in [-0.39, 0.29) is 18.2 Å². The molecule has 5 nitrogen and oxygen atoms in total. The molecule has 1 saturated heterocycles. The topological polar surface area (TPSA) is 52.7 Å². The van der Waals surface area contributed by atoms with Gasteiger partial charge in [0.1, 0.15) is 6.42 Å². The summed E-state index contributed by atoms with van der Waals surface area (Å²) in [6, 6.07) is 7.54. The zero-order chi connectivity index (χ0) is 14.5. The summed E-state index contributed by atoms with van der Waals surface area (Å²) >= 11 is 0. The normalized spacial score (nSPS) is 16.0. The molecule has 1 N–H and O–H groups in total. The molecule has 0 saturated carbocycles. The Bertz CT molecular complexity index is 476. The van der Waals surface area contributed by atoms with Crippen molar-refractivity contribution < 1.29 is 9.59 Å². The van der Waals surface area contributed by atoms with Gasteiger partial charge in [0.25, 0.3) is 0 Å². The van der Waals surface area contributed by atoms with Crippen molar-refractivity contribution in [1.82, 2.24) is 9.80 Å². The van der Waals surface area contributed by atoms with E-state index in [1.165, 1.54) is 0 Å². The molecule has 2 rings (SSSR count). The van der Waals surface area contributed by atoms with Crippen molar-refractivity contribution in [2.45, 2.75) is 13.3 Å². The molecule has 1 heterocycles. The van der Waals surface area contributed by atoms with Crippen LogP contribution in [0.1, 0.15) is 12.0 Å². The average molecular weight is 275 g/mol. The fourth-order valence-electron chi connectivity index (χ4n) is 2.15. The van der Waals surface area contributed by atoms with Crippen LogP contribution >= 0.6 is 0 Å². The Kier molecular flexibility index (Phi) is 4.74. The number of hydrogen-bond donors (Lipinski definition) is 1. The second-order valence-electron chi connectivity index (χ2n) is 5.28. The number of nitrogens with zero attached hydrogens (tertiary/aromatic N) is 2. The molecule has 1 aliphatic rings. The number of carbonyl (C=O) groups is 2. The number of nitrogens with one attached hydrogen (secondary N) is 1. The van der Waals surface area contributed by atoms with Crippen LogP contribution in [0.3, 0.4) is 0 Å². The van der Waals surface area contributed by atoms with Crippen LogP contribution in [0.2, 0.25) is 0 Å². The third kappa shape index (κ3) is 4.06. The zero-order valence-corrected chi connectivity index (χ0v) is 12.1. The summed E-state index contributed by atoms with van der Waals surface area (Å²) in [4.78, 5) is 27.8. The molecule has 1 aromatic rings. The van der Waals surface area contributed by atoms with E-state index in [9.17, 15) is 9.59 Å². The lowest BCUT2D eigenvalue weighted by Crippen LogP contribution is -2.47. The fraction of sp³-hybridized carbons (Fsp3) is 0.467. The Labute approximate surface area is 119 Å². The summed E-state index contributed by atoms with van der Waals surface area (Å²) < 4.78 is 0. The smallest absolute Gasteiger partial charge is 0.233 e. The first-order valence-corrected chi connectivity index (χ1v) is 6.87. The standard InChI is InChI=1S/C15H21N3O2/c1-12-3-5-13(6-4-12)16-14(19)11-15(20)18-9-7-17(2)8-10-18/h3-6H,7-11H2,1-2H3,(H,16,19). The lowest BCUT2D eigenvalue weighted by Gasteiger charge is -2.32. The number of hydrogen-bond acceptors (Lipinski definition) is 3. The first-order chi connectivity index (χ1) is 9.54. The number of anilines is 1. The predicted octanol–water partition coefficient (Wildman–Crippen LogP) is 1.10. The van der Waals surface area contributed by atoms with E-state index in [0.717, 1.165) is 24.3 Å². The van der Waals surface area contributed by atoms with E-state index in [4.69, 9.17) is 0 Å². The SMILES string of the molecule is Cc1ccc(NC(=O)CC(=O)N2CCN(C)CC2)cc1. The second-order valence-corrected chi connectivity index (χ2v) is 5.28. The Morgan fingerprint density at radius 2 is 1.70 bits per heavy atom. The van der Waals surface area contributed by atoms with Gasteiger partial charge in [-0.15, -0.1) is 0 Å². The van der Waals surface area contributed by atoms with Gasteiger partial charge in [-0.05, 0) is 26.1 Å². The van der Waals surface area contributed by atoms with Crippen molar-refractivity contribution in [2.75, 3.05) is 38.5 Å². The van der Waals surface area contributed by atoms with Gasteiger partial charge in [-0.1, -0.05) is 17.7 Å². The van der Waals surface area contributed by atoms with Crippen molar-refractivity contribution in [3.63, 3.8) is 0 Å². The second kappa shape index (κ2) is 6.52. The molecule has 108 valence electrons. The van der Waals surface area contributed by atoms with Crippen molar-refractivity contribution >= 4 is 17.5 Å². The number of piperazine rings is 1. The third-order valence-corrected chi connectivity index (χ3v) is 3.50. The molecule has 20 heavy (non-hydrogen) atoms. The molecular weight excluding hydrogens is 254 g/mol. The summed E-state index contributed by atoms with van der Waals surface area (Å²) in [5.74, 6) is -0.347. The van der Waals surface area contributed by atoms with Gasteiger partial charge < -0.3 is 15.1 Å². The number of amides is 2. The number of rotatable bonds is 3. The van der Waals surface area contributed by atoms with Gasteiger partial charge in [-0.25, -0.2) is 0 Å². The van der Waals surface area contributed by atoms with E-state index in [1.807, 2.05) is 38.2 Å². The average Bonchev–Trinajstić information content (AvgIpc) is 2.42. The van der Waals surface area contributed by atoms with E-state index < -0.39 is 0 Å². The van der Waals surface area contributed by atoms with E-state index in [2.05, 4.69) is 10.2 Å². The van der Waals surface area contributed by atoms with Crippen LogP contribution in [0.4, 0.5) is 5.69 Å². The van der Waals surface area contributed by atoms with Crippen LogP contribution in [0, 0.1) is 6.92 Å². The summed E-state index contributed by atoms with van der Waals surface area (Å²) in [7, 11) is 2.03. The molecule has 1 aliphatic heterocycles. The summed E-state index contributed by atoms with van der Waals surface area (Å²) in [5.41, 5.74) is 1.86. The van der Waals surface area contributed by atoms with E-state index in [1.54, 1.807) is 4.90 Å². The van der Waals surface area contributed by atoms with Gasteiger partial charge in [0, 0.05) is 31.9 Å². The van der Waals surface area contributed by atoms with Crippen LogP contribution < -0.4 is 5.32 Å². The highest BCUT2D eigenvalue weighted by atomic mass is 16.2. The van der Waals surface area contributed by atoms with Gasteiger partial charge in [0.05, 0.1) is 0 Å². The van der Waals surface area contributed by atoms with Gasteiger partial charge in [0.2, 0.25) is 11.8 Å².